The summed E-state index contributed by atoms with van der Waals surface area (Å²) in [5.74, 6) is 1.76. The monoisotopic (exact) mass is 290 g/mol. The Kier molecular flexibility index (Phi) is 3.04. The van der Waals surface area contributed by atoms with Crippen LogP contribution < -0.4 is 0 Å². The van der Waals surface area contributed by atoms with Crippen molar-refractivity contribution in [3.8, 4) is 0 Å². The number of aliphatic imine (C=N–C) groups is 2. The van der Waals surface area contributed by atoms with Crippen LogP contribution in [0.25, 0.3) is 0 Å². The average Bonchev–Trinajstić information content (AvgIpc) is 3.06. The van der Waals surface area contributed by atoms with Crippen LogP contribution in [0.5, 0.6) is 0 Å². The lowest BCUT2D eigenvalue weighted by atomic mass is 10.1. The number of pyridine rings is 1. The van der Waals surface area contributed by atoms with Crippen LogP contribution in [0.2, 0.25) is 0 Å². The first kappa shape index (κ1) is 12.9. The molecule has 0 bridgehead atoms. The zero-order valence-corrected chi connectivity index (χ0v) is 11.9. The van der Waals surface area contributed by atoms with Crippen molar-refractivity contribution < 1.29 is 4.79 Å². The van der Waals surface area contributed by atoms with Gasteiger partial charge in [0.05, 0.1) is 18.7 Å². The molecule has 108 valence electrons. The number of ketones is 1. The first-order valence-electron chi connectivity index (χ1n) is 7.25. The highest BCUT2D eigenvalue weighted by Crippen LogP contribution is 2.29. The third kappa shape index (κ3) is 2.11. The Hall–Kier alpha value is -2.82. The van der Waals surface area contributed by atoms with Crippen LogP contribution in [-0.2, 0) is 0 Å². The number of para-hydroxylation sites is 1. The molecular formula is C17H14N4O. The minimum Gasteiger partial charge on any atom is -0.312 e. The highest BCUT2D eigenvalue weighted by Gasteiger charge is 2.30. The summed E-state index contributed by atoms with van der Waals surface area (Å²) in [6.07, 6.45) is 3.54. The van der Waals surface area contributed by atoms with E-state index in [1.165, 1.54) is 0 Å². The van der Waals surface area contributed by atoms with Crippen LogP contribution in [0.4, 0.5) is 5.69 Å². The summed E-state index contributed by atoms with van der Waals surface area (Å²) in [4.78, 5) is 27.7. The largest absolute Gasteiger partial charge is 0.312 e. The molecule has 0 radical (unpaired) electrons. The quantitative estimate of drug-likeness (QED) is 0.816. The number of carbonyl (C=O) groups excluding carboxylic acids is 1. The third-order valence-electron chi connectivity index (χ3n) is 3.87. The number of carbonyl (C=O) groups is 1. The van der Waals surface area contributed by atoms with Crippen molar-refractivity contribution in [3.63, 3.8) is 0 Å². The molecule has 2 aliphatic rings. The van der Waals surface area contributed by atoms with Crippen molar-refractivity contribution in [2.45, 2.75) is 6.42 Å². The fraction of sp³-hybridized carbons (Fsp3) is 0.176. The molecule has 4 rings (SSSR count). The zero-order chi connectivity index (χ0) is 14.9. The number of amidine groups is 2. The second-order valence-electron chi connectivity index (χ2n) is 5.24. The fourth-order valence-corrected chi connectivity index (χ4v) is 2.81. The molecule has 1 aromatic heterocycles. The summed E-state index contributed by atoms with van der Waals surface area (Å²) >= 11 is 0. The highest BCUT2D eigenvalue weighted by atomic mass is 16.1. The maximum atomic E-state index is 12.4. The van der Waals surface area contributed by atoms with Gasteiger partial charge < -0.3 is 4.90 Å². The van der Waals surface area contributed by atoms with E-state index >= 15 is 0 Å². The molecule has 22 heavy (non-hydrogen) atoms. The smallest absolute Gasteiger partial charge is 0.170 e. The molecule has 0 N–H and O–H groups in total. The van der Waals surface area contributed by atoms with Crippen LogP contribution in [0.1, 0.15) is 22.3 Å². The van der Waals surface area contributed by atoms with Gasteiger partial charge in [0.2, 0.25) is 0 Å². The molecule has 1 aromatic carbocycles. The average molecular weight is 290 g/mol. The van der Waals surface area contributed by atoms with Crippen LogP contribution in [-0.4, -0.2) is 40.4 Å². The van der Waals surface area contributed by atoms with E-state index in [1.54, 1.807) is 24.5 Å². The van der Waals surface area contributed by atoms with E-state index in [-0.39, 0.29) is 12.2 Å². The van der Waals surface area contributed by atoms with Crippen molar-refractivity contribution in [2.24, 2.45) is 9.98 Å². The summed E-state index contributed by atoms with van der Waals surface area (Å²) in [5, 5.41) is 0. The number of fused-ring (bicyclic) bond motifs is 3. The lowest BCUT2D eigenvalue weighted by molar-refractivity contribution is 0.0998. The normalized spacial score (nSPS) is 15.7. The summed E-state index contributed by atoms with van der Waals surface area (Å²) in [5.41, 5.74) is 2.59. The predicted molar refractivity (Wildman–Crippen MR) is 84.8 cm³/mol. The summed E-state index contributed by atoms with van der Waals surface area (Å²) < 4.78 is 0. The van der Waals surface area contributed by atoms with Crippen molar-refractivity contribution >= 4 is 23.1 Å². The van der Waals surface area contributed by atoms with Crippen LogP contribution in [0.3, 0.4) is 0 Å². The molecule has 0 amide bonds. The molecule has 0 spiro atoms. The SMILES string of the molecule is O=C(CC1=Nc2ccccc2C2=NCCN12)c1ccncc1. The lowest BCUT2D eigenvalue weighted by Crippen LogP contribution is -2.38. The van der Waals surface area contributed by atoms with Gasteiger partial charge in [-0.3, -0.25) is 14.8 Å². The Balaban J connectivity index is 1.69. The second kappa shape index (κ2) is 5.18. The zero-order valence-electron chi connectivity index (χ0n) is 11.9. The molecule has 0 fully saturated rings. The number of rotatable bonds is 3. The van der Waals surface area contributed by atoms with Gasteiger partial charge in [-0.1, -0.05) is 12.1 Å². The maximum Gasteiger partial charge on any atom is 0.170 e. The Morgan fingerprint density at radius 2 is 1.95 bits per heavy atom. The summed E-state index contributed by atoms with van der Waals surface area (Å²) in [6, 6.07) is 11.4. The van der Waals surface area contributed by atoms with E-state index < -0.39 is 0 Å². The Morgan fingerprint density at radius 1 is 1.14 bits per heavy atom. The third-order valence-corrected chi connectivity index (χ3v) is 3.87. The van der Waals surface area contributed by atoms with Crippen LogP contribution in [0, 0.1) is 0 Å². The maximum absolute atomic E-state index is 12.4. The summed E-state index contributed by atoms with van der Waals surface area (Å²) in [7, 11) is 0. The molecule has 0 saturated heterocycles. The van der Waals surface area contributed by atoms with Crippen molar-refractivity contribution in [1.82, 2.24) is 9.88 Å². The minimum absolute atomic E-state index is 0.0479. The minimum atomic E-state index is 0.0479. The number of hydrogen-bond donors (Lipinski definition) is 0. The predicted octanol–water partition coefficient (Wildman–Crippen LogP) is 2.46. The number of hydrogen-bond acceptors (Lipinski definition) is 5. The molecule has 2 aromatic rings. The van der Waals surface area contributed by atoms with E-state index in [4.69, 9.17) is 0 Å². The van der Waals surface area contributed by atoms with Gasteiger partial charge in [0, 0.05) is 30.1 Å². The number of benzene rings is 1. The van der Waals surface area contributed by atoms with Crippen molar-refractivity contribution in [2.75, 3.05) is 13.1 Å². The molecule has 0 atom stereocenters. The highest BCUT2D eigenvalue weighted by molar-refractivity contribution is 6.20. The van der Waals surface area contributed by atoms with Gasteiger partial charge in [-0.2, -0.15) is 0 Å². The topological polar surface area (TPSA) is 57.9 Å². The number of aromatic nitrogens is 1. The number of Topliss-reactive ketones (excluding diaryl/α,β-unsaturated/α-hetero) is 1. The summed E-state index contributed by atoms with van der Waals surface area (Å²) in [6.45, 7) is 1.53. The molecule has 5 nitrogen and oxygen atoms in total. The van der Waals surface area contributed by atoms with Gasteiger partial charge in [0.15, 0.2) is 5.78 Å². The molecule has 0 saturated carbocycles. The first-order valence-corrected chi connectivity index (χ1v) is 7.25. The van der Waals surface area contributed by atoms with E-state index in [0.29, 0.717) is 5.56 Å². The second-order valence-corrected chi connectivity index (χ2v) is 5.24. The molecule has 0 aliphatic carbocycles. The van der Waals surface area contributed by atoms with Crippen LogP contribution in [0.15, 0.2) is 58.8 Å². The van der Waals surface area contributed by atoms with E-state index in [2.05, 4.69) is 19.9 Å². The lowest BCUT2D eigenvalue weighted by Gasteiger charge is -2.27. The molecular weight excluding hydrogens is 276 g/mol. The van der Waals surface area contributed by atoms with E-state index in [9.17, 15) is 4.79 Å². The van der Waals surface area contributed by atoms with Crippen molar-refractivity contribution in [1.29, 1.82) is 0 Å². The molecule has 5 heteroatoms. The van der Waals surface area contributed by atoms with Gasteiger partial charge in [0.1, 0.15) is 11.7 Å². The van der Waals surface area contributed by atoms with Crippen LogP contribution >= 0.6 is 0 Å². The first-order chi connectivity index (χ1) is 10.8. The fourth-order valence-electron chi connectivity index (χ4n) is 2.81. The van der Waals surface area contributed by atoms with Gasteiger partial charge >= 0.3 is 0 Å². The van der Waals surface area contributed by atoms with E-state index in [0.717, 1.165) is 36.0 Å². The van der Waals surface area contributed by atoms with E-state index in [1.807, 2.05) is 24.3 Å². The van der Waals surface area contributed by atoms with Gasteiger partial charge in [-0.05, 0) is 24.3 Å². The Bertz CT molecular complexity index is 795. The molecule has 0 unspecified atom stereocenters. The molecule has 2 aliphatic heterocycles. The van der Waals surface area contributed by atoms with Gasteiger partial charge in [-0.25, -0.2) is 4.99 Å². The van der Waals surface area contributed by atoms with Crippen molar-refractivity contribution in [3.05, 3.63) is 59.9 Å². The van der Waals surface area contributed by atoms with Gasteiger partial charge in [-0.15, -0.1) is 0 Å². The molecule has 3 heterocycles. The van der Waals surface area contributed by atoms with Gasteiger partial charge in [0.25, 0.3) is 0 Å². The Labute approximate surface area is 128 Å². The number of nitrogens with zero attached hydrogens (tertiary/aromatic N) is 4. The standard InChI is InChI=1S/C17H14N4O/c22-15(12-5-7-18-8-6-12)11-16-20-14-4-2-1-3-13(14)17-19-9-10-21(16)17/h1-8H,9-11H2. The Morgan fingerprint density at radius 3 is 2.82 bits per heavy atom.